The number of hydrogen-bond acceptors (Lipinski definition) is 6. The van der Waals surface area contributed by atoms with Crippen LogP contribution in [0.1, 0.15) is 149 Å². The van der Waals surface area contributed by atoms with Crippen molar-refractivity contribution in [2.75, 3.05) is 13.2 Å². The average Bonchev–Trinajstić information content (AvgIpc) is 3.07. The predicted octanol–water partition coefficient (Wildman–Crippen LogP) is 11.1. The summed E-state index contributed by atoms with van der Waals surface area (Å²) in [7, 11) is -4.77. The lowest BCUT2D eigenvalue weighted by Crippen LogP contribution is -2.29. The molecule has 8 nitrogen and oxygen atoms in total. The van der Waals surface area contributed by atoms with Crippen LogP contribution in [0.25, 0.3) is 0 Å². The maximum Gasteiger partial charge on any atom is 0.469 e. The molecule has 280 valence electrons. The summed E-state index contributed by atoms with van der Waals surface area (Å²) in [6.07, 6.45) is 44.9. The largest absolute Gasteiger partial charge is 0.469 e. The minimum atomic E-state index is -4.77. The summed E-state index contributed by atoms with van der Waals surface area (Å²) in [6, 6.07) is 0. The molecule has 0 saturated carbocycles. The second kappa shape index (κ2) is 35.3. The number of carbonyl (C=O) groups excluding carboxylic acids is 2. The summed E-state index contributed by atoms with van der Waals surface area (Å²) >= 11 is 0. The Labute approximate surface area is 298 Å². The van der Waals surface area contributed by atoms with E-state index in [1.807, 2.05) is 12.2 Å². The van der Waals surface area contributed by atoms with Crippen LogP contribution in [-0.4, -0.2) is 41.0 Å². The summed E-state index contributed by atoms with van der Waals surface area (Å²) in [6.45, 7) is 3.48. The number of rotatable bonds is 33. The van der Waals surface area contributed by atoms with Gasteiger partial charge in [-0.15, -0.1) is 0 Å². The van der Waals surface area contributed by atoms with Gasteiger partial charge in [0.1, 0.15) is 6.61 Å². The lowest BCUT2D eigenvalue weighted by Gasteiger charge is -2.18. The fourth-order valence-corrected chi connectivity index (χ4v) is 5.11. The van der Waals surface area contributed by atoms with Crippen molar-refractivity contribution in [1.29, 1.82) is 0 Å². The summed E-state index contributed by atoms with van der Waals surface area (Å²) in [4.78, 5) is 42.6. The third-order valence-electron chi connectivity index (χ3n) is 7.50. The minimum Gasteiger partial charge on any atom is -0.462 e. The van der Waals surface area contributed by atoms with E-state index in [0.717, 1.165) is 51.4 Å². The molecule has 0 amide bonds. The van der Waals surface area contributed by atoms with Crippen molar-refractivity contribution in [1.82, 2.24) is 0 Å². The molecule has 0 saturated heterocycles. The van der Waals surface area contributed by atoms with E-state index < -0.39 is 32.5 Å². The maximum absolute atomic E-state index is 12.3. The van der Waals surface area contributed by atoms with Gasteiger partial charge in [0.25, 0.3) is 0 Å². The highest BCUT2D eigenvalue weighted by Crippen LogP contribution is 2.35. The average molecular weight is 707 g/mol. The van der Waals surface area contributed by atoms with E-state index >= 15 is 0 Å². The Morgan fingerprint density at radius 1 is 0.551 bits per heavy atom. The maximum atomic E-state index is 12.3. The van der Waals surface area contributed by atoms with E-state index in [-0.39, 0.29) is 19.4 Å². The number of allylic oxidation sites excluding steroid dienone is 12. The normalized spacial score (nSPS) is 13.3. The Hall–Kier alpha value is -2.51. The van der Waals surface area contributed by atoms with Crippen LogP contribution >= 0.6 is 7.82 Å². The molecule has 9 heteroatoms. The lowest BCUT2D eigenvalue weighted by molar-refractivity contribution is -0.161. The smallest absolute Gasteiger partial charge is 0.462 e. The molecule has 0 aliphatic heterocycles. The molecule has 0 rings (SSSR count). The fourth-order valence-electron chi connectivity index (χ4n) is 4.75. The third kappa shape index (κ3) is 38.1. The van der Waals surface area contributed by atoms with Gasteiger partial charge < -0.3 is 19.3 Å². The molecule has 0 radical (unpaired) electrons. The van der Waals surface area contributed by atoms with Crippen LogP contribution < -0.4 is 0 Å². The van der Waals surface area contributed by atoms with E-state index in [9.17, 15) is 14.2 Å². The van der Waals surface area contributed by atoms with Crippen molar-refractivity contribution < 1.29 is 37.9 Å². The van der Waals surface area contributed by atoms with Crippen LogP contribution in [0.4, 0.5) is 0 Å². The Kier molecular flexibility index (Phi) is 33.5. The number of unbranched alkanes of at least 4 members (excludes halogenated alkanes) is 11. The van der Waals surface area contributed by atoms with E-state index in [0.29, 0.717) is 12.8 Å². The van der Waals surface area contributed by atoms with E-state index in [2.05, 4.69) is 79.1 Å². The molecule has 1 atom stereocenters. The summed E-state index contributed by atoms with van der Waals surface area (Å²) in [5, 5.41) is 0. The molecule has 49 heavy (non-hydrogen) atoms. The highest BCUT2D eigenvalue weighted by molar-refractivity contribution is 7.46. The van der Waals surface area contributed by atoms with E-state index in [4.69, 9.17) is 19.3 Å². The molecule has 0 aliphatic carbocycles. The van der Waals surface area contributed by atoms with Crippen LogP contribution in [0.5, 0.6) is 0 Å². The molecule has 0 heterocycles. The molecule has 0 fully saturated rings. The monoisotopic (exact) mass is 706 g/mol. The van der Waals surface area contributed by atoms with Crippen LogP contribution in [0.15, 0.2) is 72.9 Å². The molecule has 0 spiro atoms. The molecule has 0 aromatic carbocycles. The van der Waals surface area contributed by atoms with E-state index in [1.165, 1.54) is 57.8 Å². The van der Waals surface area contributed by atoms with Gasteiger partial charge in [-0.1, -0.05) is 157 Å². The lowest BCUT2D eigenvalue weighted by atomic mass is 10.0. The van der Waals surface area contributed by atoms with Crippen LogP contribution in [0.3, 0.4) is 0 Å². The van der Waals surface area contributed by atoms with Gasteiger partial charge >= 0.3 is 19.8 Å². The quantitative estimate of drug-likeness (QED) is 0.0299. The zero-order chi connectivity index (χ0) is 36.1. The zero-order valence-electron chi connectivity index (χ0n) is 30.6. The minimum absolute atomic E-state index is 0.0847. The van der Waals surface area contributed by atoms with Gasteiger partial charge in [-0.25, -0.2) is 4.57 Å². The Balaban J connectivity index is 4.13. The fraction of sp³-hybridized carbons (Fsp3) is 0.650. The highest BCUT2D eigenvalue weighted by atomic mass is 31.2. The Bertz CT molecular complexity index is 1020. The topological polar surface area (TPSA) is 119 Å². The number of phosphoric acid groups is 1. The van der Waals surface area contributed by atoms with E-state index in [1.54, 1.807) is 0 Å². The van der Waals surface area contributed by atoms with Gasteiger partial charge in [0.15, 0.2) is 6.10 Å². The first kappa shape index (κ1) is 46.5. The van der Waals surface area contributed by atoms with Crippen LogP contribution in [-0.2, 0) is 28.2 Å². The van der Waals surface area contributed by atoms with Crippen molar-refractivity contribution in [2.24, 2.45) is 0 Å². The number of ether oxygens (including phenoxy) is 2. The number of phosphoric ester groups is 1. The summed E-state index contributed by atoms with van der Waals surface area (Å²) in [5.41, 5.74) is 0. The number of carbonyl (C=O) groups is 2. The summed E-state index contributed by atoms with van der Waals surface area (Å²) in [5.74, 6) is -0.988. The molecular weight excluding hydrogens is 639 g/mol. The second-order valence-corrected chi connectivity index (χ2v) is 13.4. The molecule has 0 aromatic heterocycles. The molecule has 2 N–H and O–H groups in total. The first-order valence-corrected chi connectivity index (χ1v) is 20.3. The van der Waals surface area contributed by atoms with Gasteiger partial charge in [-0.05, 0) is 51.4 Å². The first-order chi connectivity index (χ1) is 23.8. The molecule has 0 aliphatic rings. The molecule has 0 aromatic rings. The van der Waals surface area contributed by atoms with Crippen molar-refractivity contribution in [3.63, 3.8) is 0 Å². The van der Waals surface area contributed by atoms with Crippen molar-refractivity contribution in [2.45, 2.75) is 155 Å². The SMILES string of the molecule is CC/C=C/C/C=C/C/C=C/C/C=C/C/C=C/C/C=C/CCC(=O)O[C@H](COC(=O)CCCCCCCCCCCCCC)COP(=O)(O)O. The number of hydrogen-bond donors (Lipinski definition) is 2. The zero-order valence-corrected chi connectivity index (χ0v) is 31.5. The molecular formula is C40H67O8P. The summed E-state index contributed by atoms with van der Waals surface area (Å²) < 4.78 is 26.2. The van der Waals surface area contributed by atoms with Gasteiger partial charge in [0.05, 0.1) is 6.61 Å². The predicted molar refractivity (Wildman–Crippen MR) is 202 cm³/mol. The Morgan fingerprint density at radius 2 is 0.980 bits per heavy atom. The van der Waals surface area contributed by atoms with Crippen molar-refractivity contribution in [3.8, 4) is 0 Å². The molecule has 0 bridgehead atoms. The van der Waals surface area contributed by atoms with Crippen LogP contribution in [0, 0.1) is 0 Å². The van der Waals surface area contributed by atoms with Gasteiger partial charge in [0, 0.05) is 12.8 Å². The van der Waals surface area contributed by atoms with Crippen molar-refractivity contribution in [3.05, 3.63) is 72.9 Å². The van der Waals surface area contributed by atoms with Crippen molar-refractivity contribution >= 4 is 19.8 Å². The Morgan fingerprint density at radius 3 is 1.43 bits per heavy atom. The first-order valence-electron chi connectivity index (χ1n) is 18.7. The van der Waals surface area contributed by atoms with Crippen LogP contribution in [0.2, 0.25) is 0 Å². The van der Waals surface area contributed by atoms with Gasteiger partial charge in [-0.3, -0.25) is 14.1 Å². The second-order valence-electron chi connectivity index (χ2n) is 12.2. The van der Waals surface area contributed by atoms with Gasteiger partial charge in [0.2, 0.25) is 0 Å². The van der Waals surface area contributed by atoms with Gasteiger partial charge in [-0.2, -0.15) is 0 Å². The number of esters is 2. The molecule has 0 unspecified atom stereocenters. The third-order valence-corrected chi connectivity index (χ3v) is 7.99. The standard InChI is InChI=1S/C40H67O8P/c1-3-5-7-9-11-13-15-17-18-19-20-21-22-23-25-27-29-31-33-35-40(42)48-38(37-47-49(43,44)45)36-46-39(41)34-32-30-28-26-24-16-14-12-10-8-6-4-2/h5,7,11,13,17-18,20-21,23,25,29,31,38H,3-4,6,8-10,12,14-16,19,22,24,26-28,30,32-37H2,1-2H3,(H2,43,44,45)/b7-5+,13-11+,18-17+,21-20+,25-23+,31-29+/t38-/m1/s1. The highest BCUT2D eigenvalue weighted by Gasteiger charge is 2.22.